The number of rotatable bonds is 5. The van der Waals surface area contributed by atoms with Gasteiger partial charge in [0.25, 0.3) is 11.8 Å². The largest absolute Gasteiger partial charge is 0.459 e. The maximum Gasteiger partial charge on any atom is 0.291 e. The summed E-state index contributed by atoms with van der Waals surface area (Å²) in [7, 11) is 0. The number of nitrogens with zero attached hydrogens (tertiary/aromatic N) is 1. The van der Waals surface area contributed by atoms with Crippen LogP contribution in [0.15, 0.2) is 83.5 Å². The van der Waals surface area contributed by atoms with Crippen LogP contribution in [0.1, 0.15) is 26.6 Å². The van der Waals surface area contributed by atoms with E-state index in [0.29, 0.717) is 17.9 Å². The second kappa shape index (κ2) is 7.75. The Labute approximate surface area is 161 Å². The van der Waals surface area contributed by atoms with Crippen LogP contribution in [0.5, 0.6) is 0 Å². The molecule has 0 bridgehead atoms. The molecular formula is C22H17N3O3. The Balaban J connectivity index is 1.36. The van der Waals surface area contributed by atoms with Crippen molar-refractivity contribution in [3.63, 3.8) is 0 Å². The van der Waals surface area contributed by atoms with Crippen LogP contribution in [0.2, 0.25) is 0 Å². The SMILES string of the molecule is O=C(NCc1ccc(NC(=O)c2ccco2)cc1)c1ccc2ccccc2n1. The third-order valence-corrected chi connectivity index (χ3v) is 4.24. The second-order valence-electron chi connectivity index (χ2n) is 6.20. The van der Waals surface area contributed by atoms with Crippen LogP contribution in [-0.2, 0) is 6.54 Å². The van der Waals surface area contributed by atoms with Gasteiger partial charge in [0.2, 0.25) is 0 Å². The number of anilines is 1. The zero-order chi connectivity index (χ0) is 19.3. The molecule has 0 fully saturated rings. The lowest BCUT2D eigenvalue weighted by molar-refractivity contribution is 0.0945. The number of carbonyl (C=O) groups excluding carboxylic acids is 2. The van der Waals surface area contributed by atoms with Crippen LogP contribution < -0.4 is 10.6 Å². The van der Waals surface area contributed by atoms with Gasteiger partial charge in [0, 0.05) is 17.6 Å². The monoisotopic (exact) mass is 371 g/mol. The van der Waals surface area contributed by atoms with Crippen molar-refractivity contribution in [2.24, 2.45) is 0 Å². The average Bonchev–Trinajstić information content (AvgIpc) is 3.28. The third kappa shape index (κ3) is 3.91. The van der Waals surface area contributed by atoms with E-state index in [9.17, 15) is 9.59 Å². The highest BCUT2D eigenvalue weighted by molar-refractivity contribution is 6.02. The van der Waals surface area contributed by atoms with Crippen molar-refractivity contribution in [3.8, 4) is 0 Å². The molecule has 6 nitrogen and oxygen atoms in total. The Morgan fingerprint density at radius 2 is 1.68 bits per heavy atom. The van der Waals surface area contributed by atoms with Gasteiger partial charge in [-0.1, -0.05) is 36.4 Å². The molecule has 28 heavy (non-hydrogen) atoms. The second-order valence-corrected chi connectivity index (χ2v) is 6.20. The molecule has 0 aliphatic rings. The minimum Gasteiger partial charge on any atom is -0.459 e. The molecule has 0 radical (unpaired) electrons. The summed E-state index contributed by atoms with van der Waals surface area (Å²) in [5, 5.41) is 6.60. The van der Waals surface area contributed by atoms with E-state index in [-0.39, 0.29) is 17.6 Å². The van der Waals surface area contributed by atoms with E-state index in [2.05, 4.69) is 15.6 Å². The number of furan rings is 1. The lowest BCUT2D eigenvalue weighted by Gasteiger charge is -2.07. The molecule has 2 aromatic carbocycles. The van der Waals surface area contributed by atoms with Gasteiger partial charge in [-0.3, -0.25) is 9.59 Å². The van der Waals surface area contributed by atoms with E-state index < -0.39 is 0 Å². The van der Waals surface area contributed by atoms with Crippen LogP contribution in [-0.4, -0.2) is 16.8 Å². The summed E-state index contributed by atoms with van der Waals surface area (Å²) in [5.41, 5.74) is 2.71. The first-order valence-electron chi connectivity index (χ1n) is 8.77. The molecule has 138 valence electrons. The zero-order valence-corrected chi connectivity index (χ0v) is 14.9. The summed E-state index contributed by atoms with van der Waals surface area (Å²) in [6, 6.07) is 21.7. The maximum atomic E-state index is 12.4. The number of hydrogen-bond donors (Lipinski definition) is 2. The summed E-state index contributed by atoms with van der Waals surface area (Å²) >= 11 is 0. The van der Waals surface area contributed by atoms with E-state index in [1.807, 2.05) is 42.5 Å². The fraction of sp³-hybridized carbons (Fsp3) is 0.0455. The lowest BCUT2D eigenvalue weighted by Crippen LogP contribution is -2.23. The summed E-state index contributed by atoms with van der Waals surface area (Å²) < 4.78 is 5.06. The van der Waals surface area contributed by atoms with Crippen molar-refractivity contribution in [1.29, 1.82) is 0 Å². The van der Waals surface area contributed by atoms with Crippen molar-refractivity contribution >= 4 is 28.4 Å². The summed E-state index contributed by atoms with van der Waals surface area (Å²) in [6.45, 7) is 0.361. The lowest BCUT2D eigenvalue weighted by atomic mass is 10.2. The molecular weight excluding hydrogens is 354 g/mol. The predicted molar refractivity (Wildman–Crippen MR) is 106 cm³/mol. The molecule has 0 aliphatic heterocycles. The Kier molecular flexibility index (Phi) is 4.84. The smallest absolute Gasteiger partial charge is 0.291 e. The minimum atomic E-state index is -0.312. The molecule has 2 amide bonds. The van der Waals surface area contributed by atoms with Gasteiger partial charge in [0.1, 0.15) is 5.69 Å². The molecule has 6 heteroatoms. The standard InChI is InChI=1S/C22H17N3O3/c26-21(19-12-9-16-4-1-2-5-18(16)25-19)23-14-15-7-10-17(11-8-15)24-22(27)20-6-3-13-28-20/h1-13H,14H2,(H,23,26)(H,24,27). The van der Waals surface area contributed by atoms with Gasteiger partial charge in [-0.05, 0) is 42.0 Å². The van der Waals surface area contributed by atoms with Crippen molar-refractivity contribution in [3.05, 3.63) is 96.1 Å². The number of amides is 2. The first-order chi connectivity index (χ1) is 13.7. The predicted octanol–water partition coefficient (Wildman–Crippen LogP) is 4.01. The van der Waals surface area contributed by atoms with Crippen molar-refractivity contribution < 1.29 is 14.0 Å². The van der Waals surface area contributed by atoms with E-state index in [1.54, 1.807) is 30.3 Å². The van der Waals surface area contributed by atoms with Crippen molar-refractivity contribution in [2.75, 3.05) is 5.32 Å². The number of benzene rings is 2. The number of aromatic nitrogens is 1. The number of para-hydroxylation sites is 1. The van der Waals surface area contributed by atoms with E-state index in [0.717, 1.165) is 16.5 Å². The minimum absolute atomic E-state index is 0.235. The van der Waals surface area contributed by atoms with Gasteiger partial charge in [-0.15, -0.1) is 0 Å². The van der Waals surface area contributed by atoms with Crippen LogP contribution in [0.3, 0.4) is 0 Å². The highest BCUT2D eigenvalue weighted by Crippen LogP contribution is 2.13. The Morgan fingerprint density at radius 1 is 0.857 bits per heavy atom. The van der Waals surface area contributed by atoms with Gasteiger partial charge in [0.05, 0.1) is 11.8 Å². The quantitative estimate of drug-likeness (QED) is 0.555. The zero-order valence-electron chi connectivity index (χ0n) is 14.9. The van der Waals surface area contributed by atoms with E-state index >= 15 is 0 Å². The molecule has 2 aromatic heterocycles. The fourth-order valence-electron chi connectivity index (χ4n) is 2.77. The molecule has 0 saturated heterocycles. The number of carbonyl (C=O) groups is 2. The van der Waals surface area contributed by atoms with E-state index in [4.69, 9.17) is 4.42 Å². The van der Waals surface area contributed by atoms with Crippen LogP contribution in [0.4, 0.5) is 5.69 Å². The number of hydrogen-bond acceptors (Lipinski definition) is 4. The molecule has 4 aromatic rings. The Bertz CT molecular complexity index is 1120. The molecule has 2 heterocycles. The molecule has 0 unspecified atom stereocenters. The number of nitrogens with one attached hydrogen (secondary N) is 2. The van der Waals surface area contributed by atoms with Gasteiger partial charge >= 0.3 is 0 Å². The average molecular weight is 371 g/mol. The molecule has 0 saturated carbocycles. The van der Waals surface area contributed by atoms with Gasteiger partial charge in [0.15, 0.2) is 5.76 Å². The van der Waals surface area contributed by atoms with Crippen LogP contribution >= 0.6 is 0 Å². The number of pyridine rings is 1. The third-order valence-electron chi connectivity index (χ3n) is 4.24. The normalized spacial score (nSPS) is 10.6. The summed E-state index contributed by atoms with van der Waals surface area (Å²) in [6.07, 6.45) is 1.45. The first kappa shape index (κ1) is 17.5. The maximum absolute atomic E-state index is 12.4. The van der Waals surface area contributed by atoms with Crippen molar-refractivity contribution in [1.82, 2.24) is 10.3 Å². The highest BCUT2D eigenvalue weighted by Gasteiger charge is 2.10. The molecule has 0 aliphatic carbocycles. The van der Waals surface area contributed by atoms with Gasteiger partial charge in [-0.25, -0.2) is 4.98 Å². The molecule has 0 spiro atoms. The summed E-state index contributed by atoms with van der Waals surface area (Å²) in [5.74, 6) is -0.298. The molecule has 2 N–H and O–H groups in total. The van der Waals surface area contributed by atoms with Gasteiger partial charge < -0.3 is 15.1 Å². The van der Waals surface area contributed by atoms with Crippen LogP contribution in [0.25, 0.3) is 10.9 Å². The van der Waals surface area contributed by atoms with Crippen LogP contribution in [0, 0.1) is 0 Å². The van der Waals surface area contributed by atoms with E-state index in [1.165, 1.54) is 6.26 Å². The fourth-order valence-corrected chi connectivity index (χ4v) is 2.77. The molecule has 4 rings (SSSR count). The highest BCUT2D eigenvalue weighted by atomic mass is 16.3. The first-order valence-corrected chi connectivity index (χ1v) is 8.77. The van der Waals surface area contributed by atoms with Gasteiger partial charge in [-0.2, -0.15) is 0 Å². The Morgan fingerprint density at radius 3 is 2.46 bits per heavy atom. The number of fused-ring (bicyclic) bond motifs is 1. The van der Waals surface area contributed by atoms with Crippen molar-refractivity contribution in [2.45, 2.75) is 6.54 Å². The summed E-state index contributed by atoms with van der Waals surface area (Å²) in [4.78, 5) is 28.7. The molecule has 0 atom stereocenters. The Hall–Kier alpha value is -3.93. The topological polar surface area (TPSA) is 84.2 Å².